The Morgan fingerprint density at radius 2 is 1.96 bits per heavy atom. The first-order valence-electron chi connectivity index (χ1n) is 8.61. The number of fused-ring (bicyclic) bond motifs is 1. The summed E-state index contributed by atoms with van der Waals surface area (Å²) in [6.45, 7) is 3.28. The van der Waals surface area contributed by atoms with E-state index in [4.69, 9.17) is 14.5 Å². The molecule has 0 fully saturated rings. The highest BCUT2D eigenvalue weighted by atomic mass is 19.1. The zero-order valence-electron chi connectivity index (χ0n) is 14.8. The quantitative estimate of drug-likeness (QED) is 0.715. The Kier molecular flexibility index (Phi) is 4.53. The molecule has 1 aliphatic heterocycles. The molecule has 3 aromatic rings. The van der Waals surface area contributed by atoms with Crippen LogP contribution in [0.4, 0.5) is 4.39 Å². The number of halogens is 1. The van der Waals surface area contributed by atoms with Gasteiger partial charge in [-0.3, -0.25) is 0 Å². The minimum atomic E-state index is -0.283. The van der Waals surface area contributed by atoms with E-state index in [2.05, 4.69) is 17.2 Å². The van der Waals surface area contributed by atoms with Crippen LogP contribution < -0.4 is 0 Å². The molecule has 1 atom stereocenters. The lowest BCUT2D eigenvalue weighted by Crippen LogP contribution is -2.10. The molecule has 134 valence electrons. The molecule has 1 aliphatic rings. The summed E-state index contributed by atoms with van der Waals surface area (Å²) in [5.74, 6) is 1.02. The standard InChI is InChI=1S/C20H20FN3O2/c1-13(25-2)19-22-20(24(23-19)18-7-5-17(21)6-8-18)15-3-4-16-12-26-10-9-14(16)11-15/h3-8,11,13H,9-10,12H2,1-2H3. The Balaban J connectivity index is 1.83. The molecule has 0 N–H and O–H groups in total. The first-order chi connectivity index (χ1) is 12.7. The molecule has 5 nitrogen and oxygen atoms in total. The van der Waals surface area contributed by atoms with Gasteiger partial charge in [0.2, 0.25) is 0 Å². The Bertz CT molecular complexity index is 921. The number of ether oxygens (including phenoxy) is 2. The van der Waals surface area contributed by atoms with Crippen molar-refractivity contribution in [1.82, 2.24) is 14.8 Å². The van der Waals surface area contributed by atoms with Gasteiger partial charge < -0.3 is 9.47 Å². The number of aromatic nitrogens is 3. The molecule has 1 aromatic heterocycles. The second-order valence-electron chi connectivity index (χ2n) is 6.35. The summed E-state index contributed by atoms with van der Waals surface area (Å²) >= 11 is 0. The van der Waals surface area contributed by atoms with E-state index in [9.17, 15) is 4.39 Å². The van der Waals surface area contributed by atoms with Crippen molar-refractivity contribution >= 4 is 0 Å². The molecule has 0 saturated carbocycles. The molecule has 0 amide bonds. The van der Waals surface area contributed by atoms with Gasteiger partial charge in [-0.15, -0.1) is 5.10 Å². The lowest BCUT2D eigenvalue weighted by molar-refractivity contribution is 0.111. The van der Waals surface area contributed by atoms with E-state index in [0.717, 1.165) is 24.3 Å². The second-order valence-corrected chi connectivity index (χ2v) is 6.35. The van der Waals surface area contributed by atoms with Gasteiger partial charge in [0.15, 0.2) is 11.6 Å². The smallest absolute Gasteiger partial charge is 0.180 e. The van der Waals surface area contributed by atoms with Crippen LogP contribution in [0.2, 0.25) is 0 Å². The first-order valence-corrected chi connectivity index (χ1v) is 8.61. The largest absolute Gasteiger partial charge is 0.376 e. The van der Waals surface area contributed by atoms with E-state index in [-0.39, 0.29) is 11.9 Å². The number of methoxy groups -OCH3 is 1. The minimum Gasteiger partial charge on any atom is -0.376 e. The molecule has 0 bridgehead atoms. The Morgan fingerprint density at radius 3 is 2.73 bits per heavy atom. The zero-order chi connectivity index (χ0) is 18.1. The van der Waals surface area contributed by atoms with Crippen LogP contribution in [0.5, 0.6) is 0 Å². The van der Waals surface area contributed by atoms with Gasteiger partial charge in [0.25, 0.3) is 0 Å². The molecule has 0 saturated heterocycles. The van der Waals surface area contributed by atoms with Crippen molar-refractivity contribution < 1.29 is 13.9 Å². The third kappa shape index (κ3) is 3.13. The maximum absolute atomic E-state index is 13.3. The van der Waals surface area contributed by atoms with Crippen LogP contribution in [-0.2, 0) is 22.5 Å². The van der Waals surface area contributed by atoms with Gasteiger partial charge in [0, 0.05) is 12.7 Å². The summed E-state index contributed by atoms with van der Waals surface area (Å²) in [4.78, 5) is 4.70. The van der Waals surface area contributed by atoms with Crippen molar-refractivity contribution in [3.8, 4) is 17.1 Å². The fourth-order valence-corrected chi connectivity index (χ4v) is 3.06. The minimum absolute atomic E-state index is 0.235. The van der Waals surface area contributed by atoms with Gasteiger partial charge in [-0.25, -0.2) is 14.1 Å². The van der Waals surface area contributed by atoms with Crippen molar-refractivity contribution in [2.45, 2.75) is 26.1 Å². The Morgan fingerprint density at radius 1 is 1.15 bits per heavy atom. The third-order valence-electron chi connectivity index (χ3n) is 4.65. The predicted octanol–water partition coefficient (Wildman–Crippen LogP) is 3.85. The molecular formula is C20H20FN3O2. The number of nitrogens with zero attached hydrogens (tertiary/aromatic N) is 3. The lowest BCUT2D eigenvalue weighted by Gasteiger charge is -2.17. The van der Waals surface area contributed by atoms with Crippen molar-refractivity contribution in [3.63, 3.8) is 0 Å². The highest BCUT2D eigenvalue weighted by Gasteiger charge is 2.19. The van der Waals surface area contributed by atoms with Crippen LogP contribution in [0.15, 0.2) is 42.5 Å². The molecule has 0 radical (unpaired) electrons. The summed E-state index contributed by atoms with van der Waals surface area (Å²) < 4.78 is 25.9. The molecule has 1 unspecified atom stereocenters. The fraction of sp³-hybridized carbons (Fsp3) is 0.300. The van der Waals surface area contributed by atoms with E-state index in [1.165, 1.54) is 23.3 Å². The molecule has 0 aliphatic carbocycles. The van der Waals surface area contributed by atoms with Crippen molar-refractivity contribution in [1.29, 1.82) is 0 Å². The average Bonchev–Trinajstić information content (AvgIpc) is 3.13. The molecule has 2 heterocycles. The zero-order valence-corrected chi connectivity index (χ0v) is 14.8. The average molecular weight is 353 g/mol. The molecular weight excluding hydrogens is 333 g/mol. The van der Waals surface area contributed by atoms with Crippen molar-refractivity contribution in [3.05, 3.63) is 65.2 Å². The number of rotatable bonds is 4. The van der Waals surface area contributed by atoms with Gasteiger partial charge in [0.05, 0.1) is 18.9 Å². The number of hydrogen-bond acceptors (Lipinski definition) is 4. The summed E-state index contributed by atoms with van der Waals surface area (Å²) in [6.07, 6.45) is 0.649. The molecule has 6 heteroatoms. The highest BCUT2D eigenvalue weighted by Crippen LogP contribution is 2.27. The van der Waals surface area contributed by atoms with E-state index >= 15 is 0 Å². The topological polar surface area (TPSA) is 49.2 Å². The summed E-state index contributed by atoms with van der Waals surface area (Å²) in [7, 11) is 1.63. The normalized spacial score (nSPS) is 14.9. The van der Waals surface area contributed by atoms with Crippen molar-refractivity contribution in [2.75, 3.05) is 13.7 Å². The maximum atomic E-state index is 13.3. The van der Waals surface area contributed by atoms with Gasteiger partial charge in [0.1, 0.15) is 11.9 Å². The maximum Gasteiger partial charge on any atom is 0.180 e. The van der Waals surface area contributed by atoms with E-state index in [1.807, 2.05) is 13.0 Å². The second kappa shape index (κ2) is 6.97. The van der Waals surface area contributed by atoms with Crippen LogP contribution in [0, 0.1) is 5.82 Å². The van der Waals surface area contributed by atoms with Crippen LogP contribution in [0.3, 0.4) is 0 Å². The third-order valence-corrected chi connectivity index (χ3v) is 4.65. The number of hydrogen-bond donors (Lipinski definition) is 0. The first kappa shape index (κ1) is 16.9. The molecule has 2 aromatic carbocycles. The van der Waals surface area contributed by atoms with E-state index in [0.29, 0.717) is 18.3 Å². The van der Waals surface area contributed by atoms with Crippen LogP contribution >= 0.6 is 0 Å². The van der Waals surface area contributed by atoms with Gasteiger partial charge >= 0.3 is 0 Å². The molecule has 26 heavy (non-hydrogen) atoms. The molecule has 4 rings (SSSR count). The van der Waals surface area contributed by atoms with Gasteiger partial charge in [-0.05, 0) is 54.8 Å². The van der Waals surface area contributed by atoms with Crippen molar-refractivity contribution in [2.24, 2.45) is 0 Å². The van der Waals surface area contributed by atoms with Crippen LogP contribution in [0.1, 0.15) is 30.0 Å². The Labute approximate surface area is 151 Å². The van der Waals surface area contributed by atoms with Crippen LogP contribution in [0.25, 0.3) is 17.1 Å². The summed E-state index contributed by atoms with van der Waals surface area (Å²) in [5, 5.41) is 4.60. The predicted molar refractivity (Wildman–Crippen MR) is 95.5 cm³/mol. The van der Waals surface area contributed by atoms with E-state index in [1.54, 1.807) is 23.9 Å². The van der Waals surface area contributed by atoms with Gasteiger partial charge in [-0.1, -0.05) is 12.1 Å². The summed E-state index contributed by atoms with van der Waals surface area (Å²) in [5.41, 5.74) is 4.20. The monoisotopic (exact) mass is 353 g/mol. The van der Waals surface area contributed by atoms with Crippen LogP contribution in [-0.4, -0.2) is 28.5 Å². The fourth-order valence-electron chi connectivity index (χ4n) is 3.06. The summed E-state index contributed by atoms with van der Waals surface area (Å²) in [6, 6.07) is 12.5. The van der Waals surface area contributed by atoms with E-state index < -0.39 is 0 Å². The lowest BCUT2D eigenvalue weighted by atomic mass is 10.00. The highest BCUT2D eigenvalue weighted by molar-refractivity contribution is 5.60. The molecule has 0 spiro atoms. The van der Waals surface area contributed by atoms with Gasteiger partial charge in [-0.2, -0.15) is 0 Å². The Hall–Kier alpha value is -2.57. The number of benzene rings is 2. The SMILES string of the molecule is COC(C)c1nc(-c2ccc3c(c2)CCOC3)n(-c2ccc(F)cc2)n1.